The van der Waals surface area contributed by atoms with Crippen molar-refractivity contribution in [2.45, 2.75) is 38.8 Å². The van der Waals surface area contributed by atoms with Gasteiger partial charge in [0.15, 0.2) is 0 Å². The van der Waals surface area contributed by atoms with Crippen molar-refractivity contribution in [1.29, 1.82) is 0 Å². The summed E-state index contributed by atoms with van der Waals surface area (Å²) < 4.78 is 18.7. The Morgan fingerprint density at radius 2 is 2.05 bits per heavy atom. The summed E-state index contributed by atoms with van der Waals surface area (Å²) in [5, 5.41) is 5.68. The molecule has 0 saturated carbocycles. The minimum absolute atomic E-state index is 0.128. The average Bonchev–Trinajstić information content (AvgIpc) is 2.37. The summed E-state index contributed by atoms with van der Waals surface area (Å²) >= 11 is 0. The van der Waals surface area contributed by atoms with Gasteiger partial charge in [0.2, 0.25) is 0 Å². The topological polar surface area (TPSA) is 76.4 Å². The van der Waals surface area contributed by atoms with Crippen LogP contribution in [0.15, 0.2) is 24.3 Å². The molecule has 0 heterocycles. The molecule has 0 aliphatic heterocycles. The molecule has 21 heavy (non-hydrogen) atoms. The molecule has 1 rings (SSSR count). The third-order valence-electron chi connectivity index (χ3n) is 2.68. The Morgan fingerprint density at radius 3 is 2.62 bits per heavy atom. The molecule has 0 spiro atoms. The molecule has 5 nitrogen and oxygen atoms in total. The molecule has 6 heteroatoms. The lowest BCUT2D eigenvalue weighted by Crippen LogP contribution is -2.37. The highest BCUT2D eigenvalue weighted by Crippen LogP contribution is 2.14. The average molecular weight is 297 g/mol. The number of hydrogen-bond acceptors (Lipinski definition) is 4. The lowest BCUT2D eigenvalue weighted by molar-refractivity contribution is 0.0527. The first-order valence-electron chi connectivity index (χ1n) is 7.00. The van der Waals surface area contributed by atoms with Gasteiger partial charge in [0.1, 0.15) is 11.4 Å². The van der Waals surface area contributed by atoms with Crippen LogP contribution in [0.3, 0.4) is 0 Å². The number of benzene rings is 1. The van der Waals surface area contributed by atoms with E-state index >= 15 is 0 Å². The molecule has 1 aromatic carbocycles. The van der Waals surface area contributed by atoms with E-state index < -0.39 is 11.7 Å². The molecule has 1 aromatic rings. The summed E-state index contributed by atoms with van der Waals surface area (Å²) in [4.78, 5) is 11.5. The maximum Gasteiger partial charge on any atom is 0.407 e. The summed E-state index contributed by atoms with van der Waals surface area (Å²) in [6.07, 6.45) is 0.105. The minimum atomic E-state index is -0.525. The third-order valence-corrected chi connectivity index (χ3v) is 2.68. The van der Waals surface area contributed by atoms with Crippen molar-refractivity contribution in [2.75, 3.05) is 18.4 Å². The monoisotopic (exact) mass is 297 g/mol. The summed E-state index contributed by atoms with van der Waals surface area (Å²) in [5.41, 5.74) is 5.54. The second-order valence-electron chi connectivity index (χ2n) is 5.77. The number of para-hydroxylation sites is 1. The minimum Gasteiger partial charge on any atom is -0.444 e. The first-order valence-corrected chi connectivity index (χ1v) is 7.00. The van der Waals surface area contributed by atoms with E-state index in [0.29, 0.717) is 25.2 Å². The second-order valence-corrected chi connectivity index (χ2v) is 5.77. The van der Waals surface area contributed by atoms with Gasteiger partial charge in [-0.15, -0.1) is 0 Å². The standard InChI is InChI=1S/C15H24FN3O2/c1-15(2,3)21-14(20)18-9-8-11(10-17)19-13-7-5-4-6-12(13)16/h4-7,11,19H,8-10,17H2,1-3H3,(H,18,20). The number of alkyl carbamates (subject to hydrolysis) is 1. The first kappa shape index (κ1) is 17.2. The normalized spacial score (nSPS) is 12.6. The SMILES string of the molecule is CC(C)(C)OC(=O)NCCC(CN)Nc1ccccc1F. The van der Waals surface area contributed by atoms with Crippen LogP contribution < -0.4 is 16.4 Å². The van der Waals surface area contributed by atoms with Gasteiger partial charge in [-0.25, -0.2) is 9.18 Å². The number of carbonyl (C=O) groups excluding carboxylic acids is 1. The van der Waals surface area contributed by atoms with Crippen molar-refractivity contribution in [3.63, 3.8) is 0 Å². The van der Waals surface area contributed by atoms with Crippen LogP contribution in [-0.2, 0) is 4.74 Å². The predicted octanol–water partition coefficient (Wildman–Crippen LogP) is 2.48. The van der Waals surface area contributed by atoms with Gasteiger partial charge in [-0.05, 0) is 39.3 Å². The van der Waals surface area contributed by atoms with Crippen LogP contribution in [0.5, 0.6) is 0 Å². The third kappa shape index (κ3) is 6.94. The fourth-order valence-electron chi connectivity index (χ4n) is 1.71. The van der Waals surface area contributed by atoms with E-state index in [4.69, 9.17) is 10.5 Å². The highest BCUT2D eigenvalue weighted by molar-refractivity contribution is 5.67. The molecule has 0 fully saturated rings. The zero-order valence-electron chi connectivity index (χ0n) is 12.8. The number of hydrogen-bond donors (Lipinski definition) is 3. The highest BCUT2D eigenvalue weighted by atomic mass is 19.1. The van der Waals surface area contributed by atoms with Crippen molar-refractivity contribution in [3.8, 4) is 0 Å². The van der Waals surface area contributed by atoms with Crippen LogP contribution in [0.2, 0.25) is 0 Å². The lowest BCUT2D eigenvalue weighted by atomic mass is 10.2. The number of ether oxygens (including phenoxy) is 1. The zero-order chi connectivity index (χ0) is 15.9. The maximum atomic E-state index is 13.5. The Labute approximate surface area is 125 Å². The molecule has 1 amide bonds. The van der Waals surface area contributed by atoms with Crippen molar-refractivity contribution in [3.05, 3.63) is 30.1 Å². The fourth-order valence-corrected chi connectivity index (χ4v) is 1.71. The summed E-state index contributed by atoms with van der Waals surface area (Å²) in [5.74, 6) is -0.323. The van der Waals surface area contributed by atoms with E-state index in [1.165, 1.54) is 6.07 Å². The summed E-state index contributed by atoms with van der Waals surface area (Å²) in [6.45, 7) is 6.14. The molecule has 0 bridgehead atoms. The van der Waals surface area contributed by atoms with Gasteiger partial charge in [0.25, 0.3) is 0 Å². The van der Waals surface area contributed by atoms with Gasteiger partial charge in [-0.2, -0.15) is 0 Å². The maximum absolute atomic E-state index is 13.5. The van der Waals surface area contributed by atoms with Crippen molar-refractivity contribution in [1.82, 2.24) is 5.32 Å². The second kappa shape index (κ2) is 7.83. The van der Waals surface area contributed by atoms with Crippen LogP contribution >= 0.6 is 0 Å². The van der Waals surface area contributed by atoms with Crippen molar-refractivity contribution in [2.24, 2.45) is 5.73 Å². The molecule has 118 valence electrons. The molecular formula is C15H24FN3O2. The Morgan fingerprint density at radius 1 is 1.38 bits per heavy atom. The lowest BCUT2D eigenvalue weighted by Gasteiger charge is -2.21. The van der Waals surface area contributed by atoms with Crippen molar-refractivity contribution < 1.29 is 13.9 Å². The molecule has 4 N–H and O–H groups in total. The van der Waals surface area contributed by atoms with Crippen LogP contribution in [0.1, 0.15) is 27.2 Å². The van der Waals surface area contributed by atoms with E-state index in [0.717, 1.165) is 0 Å². The molecule has 0 aliphatic carbocycles. The van der Waals surface area contributed by atoms with Gasteiger partial charge >= 0.3 is 6.09 Å². The molecule has 0 aromatic heterocycles. The van der Waals surface area contributed by atoms with Crippen LogP contribution in [0.4, 0.5) is 14.9 Å². The van der Waals surface area contributed by atoms with Gasteiger partial charge < -0.3 is 21.1 Å². The van der Waals surface area contributed by atoms with E-state index in [1.54, 1.807) is 39.0 Å². The first-order chi connectivity index (χ1) is 9.81. The quantitative estimate of drug-likeness (QED) is 0.754. The smallest absolute Gasteiger partial charge is 0.407 e. The predicted molar refractivity (Wildman–Crippen MR) is 81.7 cm³/mol. The van der Waals surface area contributed by atoms with Crippen LogP contribution in [0, 0.1) is 5.82 Å². The highest BCUT2D eigenvalue weighted by Gasteiger charge is 2.16. The molecule has 0 saturated heterocycles. The van der Waals surface area contributed by atoms with E-state index in [1.807, 2.05) is 0 Å². The van der Waals surface area contributed by atoms with E-state index in [2.05, 4.69) is 10.6 Å². The fraction of sp³-hybridized carbons (Fsp3) is 0.533. The van der Waals surface area contributed by atoms with Gasteiger partial charge in [0.05, 0.1) is 5.69 Å². The van der Waals surface area contributed by atoms with E-state index in [9.17, 15) is 9.18 Å². The van der Waals surface area contributed by atoms with Gasteiger partial charge in [-0.1, -0.05) is 12.1 Å². The number of rotatable bonds is 6. The Balaban J connectivity index is 2.38. The number of anilines is 1. The molecule has 0 aliphatic rings. The molecule has 1 atom stereocenters. The molecule has 1 unspecified atom stereocenters. The van der Waals surface area contributed by atoms with Crippen LogP contribution in [-0.4, -0.2) is 30.8 Å². The van der Waals surface area contributed by atoms with Crippen LogP contribution in [0.25, 0.3) is 0 Å². The Kier molecular flexibility index (Phi) is 6.42. The number of nitrogens with two attached hydrogens (primary N) is 1. The number of carbonyl (C=O) groups is 1. The summed E-state index contributed by atoms with van der Waals surface area (Å²) in [6, 6.07) is 6.28. The number of halogens is 1. The largest absolute Gasteiger partial charge is 0.444 e. The van der Waals surface area contributed by atoms with Gasteiger partial charge in [-0.3, -0.25) is 0 Å². The van der Waals surface area contributed by atoms with Crippen molar-refractivity contribution >= 4 is 11.8 Å². The Hall–Kier alpha value is -1.82. The van der Waals surface area contributed by atoms with Gasteiger partial charge in [0, 0.05) is 19.1 Å². The number of nitrogens with one attached hydrogen (secondary N) is 2. The summed E-state index contributed by atoms with van der Waals surface area (Å²) in [7, 11) is 0. The zero-order valence-corrected chi connectivity index (χ0v) is 12.8. The van der Waals surface area contributed by atoms with E-state index in [-0.39, 0.29) is 11.9 Å². The molecule has 0 radical (unpaired) electrons. The molecular weight excluding hydrogens is 273 g/mol. The Bertz CT molecular complexity index is 460. The number of amides is 1.